The molecule has 9 nitrogen and oxygen atoms in total. The summed E-state index contributed by atoms with van der Waals surface area (Å²) in [6.07, 6.45) is 0.419. The van der Waals surface area contributed by atoms with Gasteiger partial charge in [0, 0.05) is 17.4 Å². The molecule has 0 spiro atoms. The number of nitrogens with one attached hydrogen (secondary N) is 3. The number of rotatable bonds is 8. The van der Waals surface area contributed by atoms with Crippen LogP contribution in [0.25, 0.3) is 0 Å². The van der Waals surface area contributed by atoms with E-state index in [2.05, 4.69) is 16.0 Å². The first-order valence-electron chi connectivity index (χ1n) is 9.63. The van der Waals surface area contributed by atoms with Crippen molar-refractivity contribution in [3.8, 4) is 0 Å². The second-order valence-corrected chi connectivity index (χ2v) is 10.6. The number of amides is 3. The van der Waals surface area contributed by atoms with Crippen LogP contribution in [0.2, 0.25) is 0 Å². The molecule has 1 atom stereocenters. The molecule has 2 heterocycles. The van der Waals surface area contributed by atoms with Crippen molar-refractivity contribution in [3.63, 3.8) is 0 Å². The maximum Gasteiger partial charge on any atom is 0.265 e. The summed E-state index contributed by atoms with van der Waals surface area (Å²) < 4.78 is 22.9. The second kappa shape index (κ2) is 10.0. The largest absolute Gasteiger partial charge is 0.351 e. The summed E-state index contributed by atoms with van der Waals surface area (Å²) in [7, 11) is -1.43. The molecule has 11 heteroatoms. The highest BCUT2D eigenvalue weighted by Crippen LogP contribution is 2.16. The van der Waals surface area contributed by atoms with Gasteiger partial charge in [0.25, 0.3) is 5.91 Å². The van der Waals surface area contributed by atoms with Crippen molar-refractivity contribution in [2.24, 2.45) is 0 Å². The van der Waals surface area contributed by atoms with Gasteiger partial charge in [-0.1, -0.05) is 6.07 Å². The van der Waals surface area contributed by atoms with E-state index in [9.17, 15) is 22.8 Å². The van der Waals surface area contributed by atoms with Gasteiger partial charge in [-0.15, -0.1) is 11.3 Å². The Hall–Kier alpha value is -2.76. The monoisotopic (exact) mass is 464 g/mol. The number of nitrogens with zero attached hydrogens (tertiary/aromatic N) is 1. The molecule has 3 amide bonds. The number of likely N-dealkylation sites (N-methyl/N-ethyl adjacent to an activating group) is 1. The molecule has 31 heavy (non-hydrogen) atoms. The number of anilines is 2. The Morgan fingerprint density at radius 3 is 2.26 bits per heavy atom. The first-order valence-corrected chi connectivity index (χ1v) is 12.3. The summed E-state index contributed by atoms with van der Waals surface area (Å²) in [4.78, 5) is 38.5. The Morgan fingerprint density at radius 1 is 1.03 bits per heavy atom. The predicted octanol–water partition coefficient (Wildman–Crippen LogP) is 1.17. The molecule has 1 saturated heterocycles. The van der Waals surface area contributed by atoms with Crippen molar-refractivity contribution in [3.05, 3.63) is 46.7 Å². The zero-order valence-corrected chi connectivity index (χ0v) is 18.6. The summed E-state index contributed by atoms with van der Waals surface area (Å²) in [5.41, 5.74) is 1.17. The molecule has 166 valence electrons. The molecular formula is C20H24N4O5S2. The fourth-order valence-electron chi connectivity index (χ4n) is 3.17. The van der Waals surface area contributed by atoms with Crippen LogP contribution in [-0.4, -0.2) is 68.7 Å². The van der Waals surface area contributed by atoms with Gasteiger partial charge in [0.15, 0.2) is 9.84 Å². The summed E-state index contributed by atoms with van der Waals surface area (Å²) in [5.74, 6) is -0.751. The molecule has 3 rings (SSSR count). The Morgan fingerprint density at radius 2 is 1.68 bits per heavy atom. The minimum absolute atomic E-state index is 0.00670. The Bertz CT molecular complexity index is 1040. The zero-order chi connectivity index (χ0) is 22.4. The number of carbonyl (C=O) groups excluding carboxylic acids is 3. The molecule has 0 bridgehead atoms. The van der Waals surface area contributed by atoms with E-state index in [1.54, 1.807) is 48.3 Å². The van der Waals surface area contributed by atoms with E-state index in [1.807, 2.05) is 5.38 Å². The van der Waals surface area contributed by atoms with Crippen LogP contribution < -0.4 is 16.0 Å². The topological polar surface area (TPSA) is 125 Å². The number of sulfone groups is 1. The van der Waals surface area contributed by atoms with Crippen LogP contribution in [0.3, 0.4) is 0 Å². The van der Waals surface area contributed by atoms with E-state index in [4.69, 9.17) is 0 Å². The fourth-order valence-corrected chi connectivity index (χ4v) is 5.46. The maximum absolute atomic E-state index is 12.2. The van der Waals surface area contributed by atoms with Gasteiger partial charge in [-0.2, -0.15) is 0 Å². The molecule has 1 aliphatic heterocycles. The van der Waals surface area contributed by atoms with Crippen LogP contribution in [-0.2, 0) is 19.4 Å². The average molecular weight is 465 g/mol. The van der Waals surface area contributed by atoms with Crippen LogP contribution in [0.5, 0.6) is 0 Å². The molecule has 1 fully saturated rings. The Balaban J connectivity index is 1.41. The highest BCUT2D eigenvalue weighted by atomic mass is 32.2. The molecule has 0 saturated carbocycles. The van der Waals surface area contributed by atoms with Gasteiger partial charge in [-0.05, 0) is 49.2 Å². The average Bonchev–Trinajstić information content (AvgIpc) is 3.32. The number of hydrogen-bond donors (Lipinski definition) is 3. The molecular weight excluding hydrogens is 440 g/mol. The molecule has 1 aliphatic rings. The normalized spacial score (nSPS) is 17.3. The molecule has 1 aromatic carbocycles. The van der Waals surface area contributed by atoms with Gasteiger partial charge < -0.3 is 16.0 Å². The number of carbonyl (C=O) groups is 3. The highest BCUT2D eigenvalue weighted by Gasteiger charge is 2.29. The number of benzene rings is 1. The van der Waals surface area contributed by atoms with Crippen LogP contribution in [0.4, 0.5) is 11.4 Å². The van der Waals surface area contributed by atoms with Crippen molar-refractivity contribution in [2.45, 2.75) is 12.5 Å². The van der Waals surface area contributed by atoms with Gasteiger partial charge in [0.1, 0.15) is 0 Å². The van der Waals surface area contributed by atoms with Gasteiger partial charge >= 0.3 is 0 Å². The van der Waals surface area contributed by atoms with Crippen LogP contribution in [0.1, 0.15) is 16.1 Å². The molecule has 0 radical (unpaired) electrons. The maximum atomic E-state index is 12.2. The summed E-state index contributed by atoms with van der Waals surface area (Å²) in [6.45, 7) is -0.0229. The zero-order valence-electron chi connectivity index (χ0n) is 17.0. The van der Waals surface area contributed by atoms with Crippen molar-refractivity contribution in [1.29, 1.82) is 0 Å². The van der Waals surface area contributed by atoms with Crippen molar-refractivity contribution in [2.75, 3.05) is 42.3 Å². The molecule has 3 N–H and O–H groups in total. The van der Waals surface area contributed by atoms with Gasteiger partial charge in [-0.3, -0.25) is 19.3 Å². The van der Waals surface area contributed by atoms with Crippen molar-refractivity contribution < 1.29 is 22.8 Å². The first-order chi connectivity index (χ1) is 14.7. The quantitative estimate of drug-likeness (QED) is 0.539. The fraction of sp³-hybridized carbons (Fsp3) is 0.350. The van der Waals surface area contributed by atoms with E-state index in [-0.39, 0.29) is 48.4 Å². The summed E-state index contributed by atoms with van der Waals surface area (Å²) >= 11 is 1.35. The van der Waals surface area contributed by atoms with Gasteiger partial charge in [0.2, 0.25) is 11.8 Å². The molecule has 0 aliphatic carbocycles. The standard InChI is InChI=1S/C20H24N4O5S2/c1-24(12-19(26)22-16-8-10-31(28,29)13-16)11-18(25)21-14-4-6-15(7-5-14)23-20(27)17-3-2-9-30-17/h2-7,9,16H,8,10-13H2,1H3,(H,21,25)(H,22,26)(H,23,27). The summed E-state index contributed by atoms with van der Waals surface area (Å²) in [6, 6.07) is 9.91. The van der Waals surface area contributed by atoms with E-state index in [0.717, 1.165) is 0 Å². The van der Waals surface area contributed by atoms with Gasteiger partial charge in [0.05, 0.1) is 29.5 Å². The highest BCUT2D eigenvalue weighted by molar-refractivity contribution is 7.91. The number of thiophene rings is 1. The lowest BCUT2D eigenvalue weighted by Crippen LogP contribution is -2.43. The Kier molecular flexibility index (Phi) is 7.42. The van der Waals surface area contributed by atoms with Crippen molar-refractivity contribution in [1.82, 2.24) is 10.2 Å². The van der Waals surface area contributed by atoms with Crippen LogP contribution >= 0.6 is 11.3 Å². The molecule has 1 aromatic heterocycles. The third kappa shape index (κ3) is 7.16. The van der Waals surface area contributed by atoms with Crippen LogP contribution in [0, 0.1) is 0 Å². The molecule has 1 unspecified atom stereocenters. The van der Waals surface area contributed by atoms with E-state index >= 15 is 0 Å². The molecule has 2 aromatic rings. The third-order valence-electron chi connectivity index (χ3n) is 4.60. The van der Waals surface area contributed by atoms with E-state index < -0.39 is 9.84 Å². The second-order valence-electron chi connectivity index (χ2n) is 7.40. The van der Waals surface area contributed by atoms with E-state index in [0.29, 0.717) is 22.7 Å². The minimum atomic E-state index is -3.06. The third-order valence-corrected chi connectivity index (χ3v) is 7.23. The van der Waals surface area contributed by atoms with E-state index in [1.165, 1.54) is 11.3 Å². The number of hydrogen-bond acceptors (Lipinski definition) is 7. The SMILES string of the molecule is CN(CC(=O)Nc1ccc(NC(=O)c2cccs2)cc1)CC(=O)NC1CCS(=O)(=O)C1. The lowest BCUT2D eigenvalue weighted by atomic mass is 10.2. The Labute approximate surface area is 184 Å². The smallest absolute Gasteiger partial charge is 0.265 e. The van der Waals surface area contributed by atoms with Crippen molar-refractivity contribution >= 4 is 50.3 Å². The predicted molar refractivity (Wildman–Crippen MR) is 120 cm³/mol. The lowest BCUT2D eigenvalue weighted by Gasteiger charge is -2.18. The first kappa shape index (κ1) is 22.9. The summed E-state index contributed by atoms with van der Waals surface area (Å²) in [5, 5.41) is 10.0. The minimum Gasteiger partial charge on any atom is -0.351 e. The van der Waals surface area contributed by atoms with Gasteiger partial charge in [-0.25, -0.2) is 8.42 Å². The lowest BCUT2D eigenvalue weighted by molar-refractivity contribution is -0.123. The van der Waals surface area contributed by atoms with Crippen LogP contribution in [0.15, 0.2) is 41.8 Å².